The van der Waals surface area contributed by atoms with Crippen LogP contribution in [0, 0.1) is 0 Å². The van der Waals surface area contributed by atoms with Gasteiger partial charge in [0.15, 0.2) is 0 Å². The number of nitrogens with zero attached hydrogens (tertiary/aromatic N) is 1. The molecule has 2 aromatic rings. The van der Waals surface area contributed by atoms with Crippen molar-refractivity contribution >= 4 is 11.9 Å². The topological polar surface area (TPSA) is 57.6 Å². The van der Waals surface area contributed by atoms with Crippen molar-refractivity contribution in [3.63, 3.8) is 0 Å². The van der Waals surface area contributed by atoms with Crippen LogP contribution < -0.4 is 0 Å². The van der Waals surface area contributed by atoms with Crippen LogP contribution in [0.2, 0.25) is 0 Å². The first-order valence-electron chi connectivity index (χ1n) is 8.17. The molecule has 0 radical (unpaired) electrons. The first kappa shape index (κ1) is 17.7. The fourth-order valence-electron chi connectivity index (χ4n) is 2.64. The third kappa shape index (κ3) is 5.23. The van der Waals surface area contributed by atoms with Gasteiger partial charge in [-0.1, -0.05) is 54.6 Å². The predicted octanol–water partition coefficient (Wildman–Crippen LogP) is 3.96. The summed E-state index contributed by atoms with van der Waals surface area (Å²) in [6.07, 6.45) is 1.65. The smallest absolute Gasteiger partial charge is 0.303 e. The minimum atomic E-state index is -0.812. The van der Waals surface area contributed by atoms with Crippen LogP contribution in [-0.2, 0) is 16.1 Å². The fourth-order valence-corrected chi connectivity index (χ4v) is 2.64. The Morgan fingerprint density at radius 2 is 1.54 bits per heavy atom. The monoisotopic (exact) mass is 325 g/mol. The van der Waals surface area contributed by atoms with Gasteiger partial charge in [-0.2, -0.15) is 0 Å². The highest BCUT2D eigenvalue weighted by atomic mass is 16.4. The molecule has 4 nitrogen and oxygen atoms in total. The second-order valence-electron chi connectivity index (χ2n) is 5.87. The van der Waals surface area contributed by atoms with Crippen LogP contribution >= 0.6 is 0 Å². The molecule has 0 aliphatic carbocycles. The van der Waals surface area contributed by atoms with Crippen LogP contribution in [0.25, 0.3) is 11.1 Å². The molecule has 0 aliphatic heterocycles. The first-order chi connectivity index (χ1) is 11.6. The molecule has 2 rings (SSSR count). The number of carboxylic acid groups (broad SMARTS) is 1. The highest BCUT2D eigenvalue weighted by Gasteiger charge is 2.12. The molecule has 126 valence electrons. The first-order valence-corrected chi connectivity index (χ1v) is 8.17. The van der Waals surface area contributed by atoms with Crippen molar-refractivity contribution in [3.05, 3.63) is 60.2 Å². The highest BCUT2D eigenvalue weighted by Crippen LogP contribution is 2.24. The van der Waals surface area contributed by atoms with Gasteiger partial charge in [0.1, 0.15) is 0 Å². The molecule has 0 atom stereocenters. The summed E-state index contributed by atoms with van der Waals surface area (Å²) in [5.41, 5.74) is 3.36. The number of rotatable bonds is 8. The van der Waals surface area contributed by atoms with E-state index >= 15 is 0 Å². The summed E-state index contributed by atoms with van der Waals surface area (Å²) in [4.78, 5) is 24.4. The summed E-state index contributed by atoms with van der Waals surface area (Å²) in [6.45, 7) is 0.544. The number of carbonyl (C=O) groups is 2. The highest BCUT2D eigenvalue weighted by molar-refractivity contribution is 5.76. The molecule has 0 aromatic heterocycles. The zero-order chi connectivity index (χ0) is 17.4. The van der Waals surface area contributed by atoms with Crippen molar-refractivity contribution in [3.8, 4) is 11.1 Å². The van der Waals surface area contributed by atoms with E-state index in [1.807, 2.05) is 36.4 Å². The Kier molecular flexibility index (Phi) is 6.55. The fraction of sp³-hybridized carbons (Fsp3) is 0.300. The summed E-state index contributed by atoms with van der Waals surface area (Å²) in [5.74, 6) is -0.768. The summed E-state index contributed by atoms with van der Waals surface area (Å²) in [6, 6.07) is 18.2. The van der Waals surface area contributed by atoms with Gasteiger partial charge in [0.2, 0.25) is 5.91 Å². The number of benzene rings is 2. The van der Waals surface area contributed by atoms with E-state index in [1.54, 1.807) is 11.9 Å². The summed E-state index contributed by atoms with van der Waals surface area (Å²) >= 11 is 0. The van der Waals surface area contributed by atoms with Gasteiger partial charge in [-0.05, 0) is 29.5 Å². The normalized spacial score (nSPS) is 10.4. The maximum atomic E-state index is 12.2. The minimum Gasteiger partial charge on any atom is -0.481 e. The molecule has 0 saturated heterocycles. The lowest BCUT2D eigenvalue weighted by molar-refractivity contribution is -0.137. The van der Waals surface area contributed by atoms with E-state index < -0.39 is 5.97 Å². The molecule has 0 aliphatic rings. The average molecular weight is 325 g/mol. The van der Waals surface area contributed by atoms with Gasteiger partial charge in [-0.3, -0.25) is 9.59 Å². The SMILES string of the molecule is CN(Cc1ccccc1-c1ccccc1)C(=O)CCCCC(=O)O. The van der Waals surface area contributed by atoms with Crippen LogP contribution in [0.15, 0.2) is 54.6 Å². The van der Waals surface area contributed by atoms with E-state index in [0.29, 0.717) is 25.8 Å². The zero-order valence-electron chi connectivity index (χ0n) is 13.9. The largest absolute Gasteiger partial charge is 0.481 e. The van der Waals surface area contributed by atoms with Gasteiger partial charge in [-0.25, -0.2) is 0 Å². The van der Waals surface area contributed by atoms with Gasteiger partial charge in [0.05, 0.1) is 0 Å². The number of amides is 1. The van der Waals surface area contributed by atoms with E-state index in [-0.39, 0.29) is 12.3 Å². The van der Waals surface area contributed by atoms with Crippen molar-refractivity contribution in [2.45, 2.75) is 32.2 Å². The van der Waals surface area contributed by atoms with Gasteiger partial charge in [-0.15, -0.1) is 0 Å². The number of hydrogen-bond acceptors (Lipinski definition) is 2. The molecular formula is C20H23NO3. The van der Waals surface area contributed by atoms with Gasteiger partial charge < -0.3 is 10.0 Å². The number of carboxylic acids is 1. The van der Waals surface area contributed by atoms with Crippen molar-refractivity contribution in [2.24, 2.45) is 0 Å². The molecule has 0 heterocycles. The third-order valence-electron chi connectivity index (χ3n) is 3.97. The molecule has 0 saturated carbocycles. The number of hydrogen-bond donors (Lipinski definition) is 1. The van der Waals surface area contributed by atoms with E-state index in [9.17, 15) is 9.59 Å². The Hall–Kier alpha value is -2.62. The second kappa shape index (κ2) is 8.87. The van der Waals surface area contributed by atoms with Gasteiger partial charge in [0.25, 0.3) is 0 Å². The Labute approximate surface area is 142 Å². The maximum Gasteiger partial charge on any atom is 0.303 e. The summed E-state index contributed by atoms with van der Waals surface area (Å²) in [5, 5.41) is 8.63. The minimum absolute atomic E-state index is 0.0447. The molecule has 1 amide bonds. The molecule has 4 heteroatoms. The summed E-state index contributed by atoms with van der Waals surface area (Å²) in [7, 11) is 1.79. The van der Waals surface area contributed by atoms with E-state index in [4.69, 9.17) is 5.11 Å². The molecular weight excluding hydrogens is 302 g/mol. The maximum absolute atomic E-state index is 12.2. The molecule has 0 bridgehead atoms. The van der Waals surface area contributed by atoms with E-state index in [1.165, 1.54) is 0 Å². The lowest BCUT2D eigenvalue weighted by Crippen LogP contribution is -2.26. The standard InChI is InChI=1S/C20H23NO3/c1-21(19(22)13-7-8-14-20(23)24)15-17-11-5-6-12-18(17)16-9-3-2-4-10-16/h2-6,9-12H,7-8,13-15H2,1H3,(H,23,24). The number of aliphatic carboxylic acids is 1. The quantitative estimate of drug-likeness (QED) is 0.748. The molecule has 0 unspecified atom stereocenters. The van der Waals surface area contributed by atoms with Crippen molar-refractivity contribution in [1.29, 1.82) is 0 Å². The van der Waals surface area contributed by atoms with E-state index in [2.05, 4.69) is 18.2 Å². The van der Waals surface area contributed by atoms with Crippen LogP contribution in [0.3, 0.4) is 0 Å². The van der Waals surface area contributed by atoms with E-state index in [0.717, 1.165) is 16.7 Å². The van der Waals surface area contributed by atoms with Crippen molar-refractivity contribution < 1.29 is 14.7 Å². The van der Waals surface area contributed by atoms with Crippen LogP contribution in [0.4, 0.5) is 0 Å². The molecule has 0 spiro atoms. The molecule has 24 heavy (non-hydrogen) atoms. The molecule has 2 aromatic carbocycles. The van der Waals surface area contributed by atoms with Gasteiger partial charge in [0, 0.05) is 26.4 Å². The third-order valence-corrected chi connectivity index (χ3v) is 3.97. The number of carbonyl (C=O) groups excluding carboxylic acids is 1. The van der Waals surface area contributed by atoms with Gasteiger partial charge >= 0.3 is 5.97 Å². The molecule has 1 N–H and O–H groups in total. The lowest BCUT2D eigenvalue weighted by Gasteiger charge is -2.19. The van der Waals surface area contributed by atoms with Crippen LogP contribution in [-0.4, -0.2) is 28.9 Å². The molecule has 0 fully saturated rings. The summed E-state index contributed by atoms with van der Waals surface area (Å²) < 4.78 is 0. The Morgan fingerprint density at radius 1 is 0.917 bits per heavy atom. The Bertz CT molecular complexity index is 682. The number of unbranched alkanes of at least 4 members (excludes halogenated alkanes) is 1. The lowest BCUT2D eigenvalue weighted by atomic mass is 9.99. The Morgan fingerprint density at radius 3 is 2.25 bits per heavy atom. The van der Waals surface area contributed by atoms with Crippen molar-refractivity contribution in [1.82, 2.24) is 4.90 Å². The van der Waals surface area contributed by atoms with Crippen LogP contribution in [0.1, 0.15) is 31.2 Å². The predicted molar refractivity (Wildman–Crippen MR) is 94.5 cm³/mol. The average Bonchev–Trinajstić information content (AvgIpc) is 2.59. The van der Waals surface area contributed by atoms with Crippen molar-refractivity contribution in [2.75, 3.05) is 7.05 Å². The Balaban J connectivity index is 1.98. The van der Waals surface area contributed by atoms with Crippen LogP contribution in [0.5, 0.6) is 0 Å². The second-order valence-corrected chi connectivity index (χ2v) is 5.87. The zero-order valence-corrected chi connectivity index (χ0v) is 13.9.